The van der Waals surface area contributed by atoms with Crippen molar-refractivity contribution < 1.29 is 9.53 Å². The number of hydrogen-bond acceptors (Lipinski definition) is 2. The molecule has 0 aliphatic heterocycles. The maximum Gasteiger partial charge on any atom is 0.164 e. The Balaban J connectivity index is 2.47. The fourth-order valence-electron chi connectivity index (χ4n) is 1.71. The Morgan fingerprint density at radius 2 is 2.08 bits per heavy atom. The maximum atomic E-state index is 11.8. The zero-order chi connectivity index (χ0) is 9.84. The lowest BCUT2D eigenvalue weighted by atomic mass is 9.78. The van der Waals surface area contributed by atoms with Gasteiger partial charge in [0.05, 0.1) is 0 Å². The van der Waals surface area contributed by atoms with Gasteiger partial charge in [-0.3, -0.25) is 4.79 Å². The Morgan fingerprint density at radius 3 is 2.38 bits per heavy atom. The van der Waals surface area contributed by atoms with E-state index in [0.717, 1.165) is 12.8 Å². The Bertz CT molecular complexity index is 171. The zero-order valence-corrected chi connectivity index (χ0v) is 8.88. The van der Waals surface area contributed by atoms with Crippen LogP contribution in [0.15, 0.2) is 0 Å². The minimum Gasteiger partial charge on any atom is -0.370 e. The zero-order valence-electron chi connectivity index (χ0n) is 8.88. The van der Waals surface area contributed by atoms with Gasteiger partial charge < -0.3 is 4.74 Å². The number of Topliss-reactive ketones (excluding diaryl/α,β-unsaturated/α-hetero) is 1. The Hall–Kier alpha value is -0.370. The first kappa shape index (κ1) is 10.7. The summed E-state index contributed by atoms with van der Waals surface area (Å²) in [5, 5.41) is 0. The SMILES string of the molecule is CCOC(C(=O)C1CCC1)C(C)C. The number of hydrogen-bond donors (Lipinski definition) is 0. The summed E-state index contributed by atoms with van der Waals surface area (Å²) in [6.45, 7) is 6.69. The number of rotatable bonds is 5. The van der Waals surface area contributed by atoms with Crippen molar-refractivity contribution in [2.24, 2.45) is 11.8 Å². The van der Waals surface area contributed by atoms with E-state index in [4.69, 9.17) is 4.74 Å². The predicted octanol–water partition coefficient (Wildman–Crippen LogP) is 2.42. The standard InChI is InChI=1S/C11H20O2/c1-4-13-11(8(2)3)10(12)9-6-5-7-9/h8-9,11H,4-7H2,1-3H3. The highest BCUT2D eigenvalue weighted by Crippen LogP contribution is 2.30. The first-order chi connectivity index (χ1) is 6.16. The summed E-state index contributed by atoms with van der Waals surface area (Å²) in [5.74, 6) is 0.954. The lowest BCUT2D eigenvalue weighted by molar-refractivity contribution is -0.139. The van der Waals surface area contributed by atoms with E-state index in [1.54, 1.807) is 0 Å². The lowest BCUT2D eigenvalue weighted by Gasteiger charge is -2.29. The van der Waals surface area contributed by atoms with Gasteiger partial charge in [0.1, 0.15) is 6.10 Å². The molecule has 1 saturated carbocycles. The fourth-order valence-corrected chi connectivity index (χ4v) is 1.71. The molecule has 1 unspecified atom stereocenters. The molecule has 13 heavy (non-hydrogen) atoms. The molecule has 0 amide bonds. The topological polar surface area (TPSA) is 26.3 Å². The van der Waals surface area contributed by atoms with Crippen molar-refractivity contribution in [3.8, 4) is 0 Å². The van der Waals surface area contributed by atoms with Crippen LogP contribution in [0.25, 0.3) is 0 Å². The molecule has 0 aromatic heterocycles. The highest BCUT2D eigenvalue weighted by atomic mass is 16.5. The molecule has 1 aliphatic rings. The van der Waals surface area contributed by atoms with Crippen molar-refractivity contribution in [2.45, 2.75) is 46.1 Å². The molecule has 0 aromatic carbocycles. The second-order valence-corrected chi connectivity index (χ2v) is 4.15. The van der Waals surface area contributed by atoms with E-state index in [1.807, 2.05) is 6.92 Å². The Labute approximate surface area is 80.7 Å². The molecule has 1 rings (SSSR count). The van der Waals surface area contributed by atoms with Crippen molar-refractivity contribution in [1.82, 2.24) is 0 Å². The third-order valence-corrected chi connectivity index (χ3v) is 2.74. The maximum absolute atomic E-state index is 11.8. The largest absolute Gasteiger partial charge is 0.370 e. The smallest absolute Gasteiger partial charge is 0.164 e. The van der Waals surface area contributed by atoms with Gasteiger partial charge in [-0.25, -0.2) is 0 Å². The summed E-state index contributed by atoms with van der Waals surface area (Å²) >= 11 is 0. The average Bonchev–Trinajstić information content (AvgIpc) is 1.95. The molecule has 0 N–H and O–H groups in total. The average molecular weight is 184 g/mol. The molecule has 2 nitrogen and oxygen atoms in total. The van der Waals surface area contributed by atoms with Crippen molar-refractivity contribution in [3.05, 3.63) is 0 Å². The molecule has 0 heterocycles. The number of ketones is 1. The summed E-state index contributed by atoms with van der Waals surface area (Å²) in [7, 11) is 0. The van der Waals surface area contributed by atoms with E-state index in [1.165, 1.54) is 6.42 Å². The van der Waals surface area contributed by atoms with E-state index >= 15 is 0 Å². The molecule has 0 spiro atoms. The molecular formula is C11H20O2. The molecule has 76 valence electrons. The van der Waals surface area contributed by atoms with E-state index in [2.05, 4.69) is 13.8 Å². The third-order valence-electron chi connectivity index (χ3n) is 2.74. The second kappa shape index (κ2) is 4.75. The van der Waals surface area contributed by atoms with Gasteiger partial charge in [-0.05, 0) is 25.7 Å². The minimum absolute atomic E-state index is 0.157. The molecular weight excluding hydrogens is 164 g/mol. The van der Waals surface area contributed by atoms with E-state index in [9.17, 15) is 4.79 Å². The molecule has 0 saturated heterocycles. The van der Waals surface area contributed by atoms with Crippen LogP contribution in [0.2, 0.25) is 0 Å². The Kier molecular flexibility index (Phi) is 3.91. The first-order valence-electron chi connectivity index (χ1n) is 5.32. The van der Waals surface area contributed by atoms with E-state index in [-0.39, 0.29) is 6.10 Å². The van der Waals surface area contributed by atoms with Crippen LogP contribution in [0.4, 0.5) is 0 Å². The predicted molar refractivity (Wildman–Crippen MR) is 52.6 cm³/mol. The van der Waals surface area contributed by atoms with Crippen LogP contribution in [0.3, 0.4) is 0 Å². The van der Waals surface area contributed by atoms with Crippen LogP contribution in [0.5, 0.6) is 0 Å². The van der Waals surface area contributed by atoms with E-state index < -0.39 is 0 Å². The number of ether oxygens (including phenoxy) is 1. The van der Waals surface area contributed by atoms with Crippen molar-refractivity contribution in [1.29, 1.82) is 0 Å². The summed E-state index contributed by atoms with van der Waals surface area (Å²) in [6, 6.07) is 0. The molecule has 1 aliphatic carbocycles. The highest BCUT2D eigenvalue weighted by Gasteiger charge is 2.32. The monoisotopic (exact) mass is 184 g/mol. The van der Waals surface area contributed by atoms with Crippen LogP contribution in [0.1, 0.15) is 40.0 Å². The van der Waals surface area contributed by atoms with E-state index in [0.29, 0.717) is 24.2 Å². The van der Waals surface area contributed by atoms with Gasteiger partial charge >= 0.3 is 0 Å². The summed E-state index contributed by atoms with van der Waals surface area (Å²) in [5.41, 5.74) is 0. The summed E-state index contributed by atoms with van der Waals surface area (Å²) in [6.07, 6.45) is 3.22. The van der Waals surface area contributed by atoms with Crippen LogP contribution < -0.4 is 0 Å². The summed E-state index contributed by atoms with van der Waals surface area (Å²) < 4.78 is 5.47. The normalized spacial score (nSPS) is 20.0. The van der Waals surface area contributed by atoms with Gasteiger partial charge in [0, 0.05) is 12.5 Å². The lowest BCUT2D eigenvalue weighted by Crippen LogP contribution is -2.37. The van der Waals surface area contributed by atoms with Gasteiger partial charge in [-0.1, -0.05) is 20.3 Å². The van der Waals surface area contributed by atoms with Crippen LogP contribution in [0, 0.1) is 11.8 Å². The third kappa shape index (κ3) is 2.53. The van der Waals surface area contributed by atoms with Gasteiger partial charge in [0.15, 0.2) is 5.78 Å². The second-order valence-electron chi connectivity index (χ2n) is 4.15. The minimum atomic E-state index is -0.157. The van der Waals surface area contributed by atoms with Crippen molar-refractivity contribution in [3.63, 3.8) is 0 Å². The van der Waals surface area contributed by atoms with Crippen molar-refractivity contribution in [2.75, 3.05) is 6.61 Å². The van der Waals surface area contributed by atoms with Gasteiger partial charge in [-0.15, -0.1) is 0 Å². The van der Waals surface area contributed by atoms with Crippen LogP contribution >= 0.6 is 0 Å². The van der Waals surface area contributed by atoms with Gasteiger partial charge in [-0.2, -0.15) is 0 Å². The molecule has 0 bridgehead atoms. The number of carbonyl (C=O) groups excluding carboxylic acids is 1. The number of carbonyl (C=O) groups is 1. The van der Waals surface area contributed by atoms with Gasteiger partial charge in [0.2, 0.25) is 0 Å². The molecule has 0 radical (unpaired) electrons. The van der Waals surface area contributed by atoms with Crippen LogP contribution in [-0.2, 0) is 9.53 Å². The quantitative estimate of drug-likeness (QED) is 0.656. The fraction of sp³-hybridized carbons (Fsp3) is 0.909. The van der Waals surface area contributed by atoms with Gasteiger partial charge in [0.25, 0.3) is 0 Å². The highest BCUT2D eigenvalue weighted by molar-refractivity contribution is 5.86. The molecule has 2 heteroatoms. The molecule has 1 fully saturated rings. The Morgan fingerprint density at radius 1 is 1.46 bits per heavy atom. The molecule has 0 aromatic rings. The first-order valence-corrected chi connectivity index (χ1v) is 5.32. The molecule has 1 atom stereocenters. The van der Waals surface area contributed by atoms with Crippen LogP contribution in [-0.4, -0.2) is 18.5 Å². The van der Waals surface area contributed by atoms with Crippen molar-refractivity contribution >= 4 is 5.78 Å². The summed E-state index contributed by atoms with van der Waals surface area (Å²) in [4.78, 5) is 11.8.